The van der Waals surface area contributed by atoms with E-state index in [0.717, 1.165) is 32.1 Å². The van der Waals surface area contributed by atoms with Crippen molar-refractivity contribution >= 4 is 17.8 Å². The molecule has 3 rings (SSSR count). The Kier molecular flexibility index (Phi) is 8.76. The molecule has 1 aliphatic heterocycles. The highest BCUT2D eigenvalue weighted by Crippen LogP contribution is 2.40. The molecule has 1 unspecified atom stereocenters. The summed E-state index contributed by atoms with van der Waals surface area (Å²) in [5, 5.41) is 13.0. The molecule has 1 saturated heterocycles. The van der Waals surface area contributed by atoms with Gasteiger partial charge in [-0.3, -0.25) is 14.9 Å². The number of carbonyl (C=O) groups excluding carboxylic acids is 2. The number of hydrogen-bond acceptors (Lipinski definition) is 5. The number of esters is 1. The van der Waals surface area contributed by atoms with Crippen molar-refractivity contribution in [1.82, 2.24) is 10.2 Å². The molecule has 3 fully saturated rings. The number of hydrogen-bond donors (Lipinski definition) is 2. The number of carboxylic acid groups (broad SMARTS) is 1. The van der Waals surface area contributed by atoms with Gasteiger partial charge in [0, 0.05) is 6.04 Å². The largest absolute Gasteiger partial charge is 0.480 e. The van der Waals surface area contributed by atoms with Gasteiger partial charge in [-0.15, -0.1) is 0 Å². The normalized spacial score (nSPS) is 28.6. The van der Waals surface area contributed by atoms with Gasteiger partial charge in [-0.2, -0.15) is 0 Å². The van der Waals surface area contributed by atoms with Crippen LogP contribution in [0.3, 0.4) is 0 Å². The van der Waals surface area contributed by atoms with Gasteiger partial charge in [0.05, 0.1) is 12.6 Å². The second kappa shape index (κ2) is 11.3. The van der Waals surface area contributed by atoms with Gasteiger partial charge in [-0.1, -0.05) is 44.9 Å². The summed E-state index contributed by atoms with van der Waals surface area (Å²) in [4.78, 5) is 39.5. The van der Waals surface area contributed by atoms with E-state index in [4.69, 9.17) is 4.74 Å². The highest BCUT2D eigenvalue weighted by Gasteiger charge is 2.48. The molecule has 2 saturated carbocycles. The molecule has 0 spiro atoms. The number of fused-ring (bicyclic) bond motifs is 1. The minimum atomic E-state index is -0.922. The number of carboxylic acids is 1. The quantitative estimate of drug-likeness (QED) is 0.537. The summed E-state index contributed by atoms with van der Waals surface area (Å²) in [7, 11) is 0. The molecule has 0 bridgehead atoms. The van der Waals surface area contributed by atoms with Gasteiger partial charge in [0.25, 0.3) is 0 Å². The van der Waals surface area contributed by atoms with Crippen molar-refractivity contribution in [1.29, 1.82) is 0 Å². The maximum Gasteiger partial charge on any atom is 0.326 e. The summed E-state index contributed by atoms with van der Waals surface area (Å²) in [6.45, 7) is 3.85. The van der Waals surface area contributed by atoms with E-state index in [1.165, 1.54) is 32.1 Å². The van der Waals surface area contributed by atoms with Crippen molar-refractivity contribution in [3.05, 3.63) is 0 Å². The van der Waals surface area contributed by atoms with Crippen LogP contribution in [-0.2, 0) is 19.1 Å². The van der Waals surface area contributed by atoms with Crippen LogP contribution in [0.1, 0.15) is 90.9 Å². The van der Waals surface area contributed by atoms with E-state index >= 15 is 0 Å². The zero-order chi connectivity index (χ0) is 22.4. The van der Waals surface area contributed by atoms with Crippen LogP contribution in [0.25, 0.3) is 0 Å². The summed E-state index contributed by atoms with van der Waals surface area (Å²) in [5.41, 5.74) is 0. The van der Waals surface area contributed by atoms with Crippen LogP contribution in [0.4, 0.5) is 0 Å². The molecule has 0 aromatic rings. The van der Waals surface area contributed by atoms with Crippen molar-refractivity contribution in [2.24, 2.45) is 11.8 Å². The number of nitrogens with one attached hydrogen (secondary N) is 1. The minimum absolute atomic E-state index is 0.00915. The van der Waals surface area contributed by atoms with Crippen LogP contribution >= 0.6 is 0 Å². The molecule has 1 heterocycles. The van der Waals surface area contributed by atoms with Crippen molar-refractivity contribution in [2.75, 3.05) is 6.61 Å². The monoisotopic (exact) mass is 436 g/mol. The highest BCUT2D eigenvalue weighted by molar-refractivity contribution is 5.88. The Balaban J connectivity index is 1.65. The maximum atomic E-state index is 13.4. The lowest BCUT2D eigenvalue weighted by molar-refractivity contribution is -0.152. The van der Waals surface area contributed by atoms with Gasteiger partial charge in [0.2, 0.25) is 5.91 Å². The average Bonchev–Trinajstić information content (AvgIpc) is 3.16. The van der Waals surface area contributed by atoms with Crippen LogP contribution in [-0.4, -0.2) is 58.6 Å². The molecule has 0 aromatic carbocycles. The van der Waals surface area contributed by atoms with E-state index < -0.39 is 24.1 Å². The fraction of sp³-hybridized carbons (Fsp3) is 0.875. The Labute approximate surface area is 186 Å². The number of carbonyl (C=O) groups is 3. The third kappa shape index (κ3) is 5.99. The molecule has 176 valence electrons. The smallest absolute Gasteiger partial charge is 0.326 e. The molecule has 0 aromatic heterocycles. The Morgan fingerprint density at radius 1 is 1.06 bits per heavy atom. The van der Waals surface area contributed by atoms with E-state index in [9.17, 15) is 19.5 Å². The predicted octanol–water partition coefficient (Wildman–Crippen LogP) is 3.50. The zero-order valence-electron chi connectivity index (χ0n) is 19.2. The van der Waals surface area contributed by atoms with Gasteiger partial charge in [0.15, 0.2) is 0 Å². The van der Waals surface area contributed by atoms with E-state index in [0.29, 0.717) is 25.4 Å². The Hall–Kier alpha value is -1.63. The van der Waals surface area contributed by atoms with E-state index in [1.807, 2.05) is 0 Å². The molecule has 1 amide bonds. The first-order valence-electron chi connectivity index (χ1n) is 12.4. The summed E-state index contributed by atoms with van der Waals surface area (Å²) in [5.74, 6) is -0.526. The van der Waals surface area contributed by atoms with Crippen LogP contribution in [0.5, 0.6) is 0 Å². The summed E-state index contributed by atoms with van der Waals surface area (Å²) < 4.78 is 5.27. The fourth-order valence-corrected chi connectivity index (χ4v) is 5.98. The van der Waals surface area contributed by atoms with E-state index in [2.05, 4.69) is 5.32 Å². The Morgan fingerprint density at radius 2 is 1.74 bits per heavy atom. The molecule has 2 aliphatic carbocycles. The molecule has 5 atom stereocenters. The first kappa shape index (κ1) is 24.0. The fourth-order valence-electron chi connectivity index (χ4n) is 5.98. The Morgan fingerprint density at radius 3 is 2.42 bits per heavy atom. The number of likely N-dealkylation sites (tertiary alicyclic amines) is 1. The second-order valence-corrected chi connectivity index (χ2v) is 9.72. The molecular weight excluding hydrogens is 396 g/mol. The summed E-state index contributed by atoms with van der Waals surface area (Å²) >= 11 is 0. The molecule has 7 nitrogen and oxygen atoms in total. The van der Waals surface area contributed by atoms with Gasteiger partial charge in [-0.05, 0) is 57.8 Å². The first-order chi connectivity index (χ1) is 14.9. The van der Waals surface area contributed by atoms with Crippen molar-refractivity contribution in [3.63, 3.8) is 0 Å². The maximum absolute atomic E-state index is 13.4. The summed E-state index contributed by atoms with van der Waals surface area (Å²) in [6, 6.07) is -1.90. The standard InChI is InChI=1S/C24H40N2O5/c1-3-31-24(30)19(14-13-17-9-5-4-6-10-17)25-16(2)22(27)26-20-12-8-7-11-18(20)15-21(26)23(28)29/h16-21,25H,3-15H2,1-2H3,(H,28,29)/t16-,18+,19?,20+,21-/m0/s1. The second-order valence-electron chi connectivity index (χ2n) is 9.72. The number of rotatable bonds is 9. The van der Waals surface area contributed by atoms with Crippen molar-refractivity contribution in [2.45, 2.75) is 115 Å². The number of ether oxygens (including phenoxy) is 1. The SMILES string of the molecule is CCOC(=O)C(CCC1CCCCC1)N[C@@H](C)C(=O)N1[C@@H]2CCCC[C@@H]2C[C@H]1C(=O)O. The minimum Gasteiger partial charge on any atom is -0.480 e. The lowest BCUT2D eigenvalue weighted by atomic mass is 9.84. The topological polar surface area (TPSA) is 95.9 Å². The third-order valence-electron chi connectivity index (χ3n) is 7.61. The van der Waals surface area contributed by atoms with Crippen molar-refractivity contribution < 1.29 is 24.2 Å². The molecule has 0 radical (unpaired) electrons. The van der Waals surface area contributed by atoms with Gasteiger partial charge < -0.3 is 14.7 Å². The Bertz CT molecular complexity index is 633. The van der Waals surface area contributed by atoms with Crippen LogP contribution in [0.2, 0.25) is 0 Å². The van der Waals surface area contributed by atoms with Gasteiger partial charge >= 0.3 is 11.9 Å². The van der Waals surface area contributed by atoms with E-state index in [-0.39, 0.29) is 23.8 Å². The molecule has 31 heavy (non-hydrogen) atoms. The summed E-state index contributed by atoms with van der Waals surface area (Å²) in [6.07, 6.45) is 12.4. The van der Waals surface area contributed by atoms with E-state index in [1.54, 1.807) is 18.7 Å². The highest BCUT2D eigenvalue weighted by atomic mass is 16.5. The zero-order valence-corrected chi connectivity index (χ0v) is 19.2. The first-order valence-corrected chi connectivity index (χ1v) is 12.4. The van der Waals surface area contributed by atoms with Crippen LogP contribution < -0.4 is 5.32 Å². The van der Waals surface area contributed by atoms with Gasteiger partial charge in [-0.25, -0.2) is 4.79 Å². The molecule has 2 N–H and O–H groups in total. The van der Waals surface area contributed by atoms with Gasteiger partial charge in [0.1, 0.15) is 12.1 Å². The predicted molar refractivity (Wildman–Crippen MR) is 117 cm³/mol. The number of aliphatic carboxylic acids is 1. The third-order valence-corrected chi connectivity index (χ3v) is 7.61. The lowest BCUT2D eigenvalue weighted by Crippen LogP contribution is -2.55. The molecule has 7 heteroatoms. The molecule has 3 aliphatic rings. The van der Waals surface area contributed by atoms with Crippen LogP contribution in [0, 0.1) is 11.8 Å². The van der Waals surface area contributed by atoms with Crippen LogP contribution in [0.15, 0.2) is 0 Å². The lowest BCUT2D eigenvalue weighted by Gasteiger charge is -2.35. The molecular formula is C24H40N2O5. The number of amides is 1. The van der Waals surface area contributed by atoms with Crippen molar-refractivity contribution in [3.8, 4) is 0 Å². The average molecular weight is 437 g/mol. The number of nitrogens with zero attached hydrogens (tertiary/aromatic N) is 1.